The van der Waals surface area contributed by atoms with E-state index in [1.807, 2.05) is 30.0 Å². The maximum atomic E-state index is 12.9. The molecule has 1 saturated heterocycles. The van der Waals surface area contributed by atoms with Crippen LogP contribution in [0.2, 0.25) is 0 Å². The highest BCUT2D eigenvalue weighted by molar-refractivity contribution is 6.02. The number of carbonyl (C=O) groups is 2. The summed E-state index contributed by atoms with van der Waals surface area (Å²) in [5.74, 6) is 1.37. The van der Waals surface area contributed by atoms with Crippen LogP contribution in [-0.2, 0) is 13.1 Å². The molecule has 3 heterocycles. The zero-order valence-corrected chi connectivity index (χ0v) is 16.5. The van der Waals surface area contributed by atoms with Gasteiger partial charge in [0, 0.05) is 30.3 Å². The molecular weight excluding hydrogens is 354 g/mol. The van der Waals surface area contributed by atoms with Gasteiger partial charge in [0.1, 0.15) is 11.5 Å². The van der Waals surface area contributed by atoms with E-state index >= 15 is 0 Å². The second-order valence-electron chi connectivity index (χ2n) is 7.68. The Balaban J connectivity index is 1.41. The number of rotatable bonds is 6. The lowest BCUT2D eigenvalue weighted by molar-refractivity contribution is 0.0731. The standard InChI is InChI=1S/C22H27N3O3/c1-3-24-10-4-5-18(24)14-25-13-17-8-7-16(11-20(17)22(25)27)21(26)23-12-19-9-6-15(2)28-19/h6-9,11,18H,3-5,10,12-14H2,1-2H3,(H,23,26)/t18-/m1/s1. The normalized spacial score (nSPS) is 19.3. The first-order valence-electron chi connectivity index (χ1n) is 10.0. The third-order valence-corrected chi connectivity index (χ3v) is 5.81. The summed E-state index contributed by atoms with van der Waals surface area (Å²) < 4.78 is 5.48. The zero-order chi connectivity index (χ0) is 19.7. The minimum absolute atomic E-state index is 0.0364. The van der Waals surface area contributed by atoms with E-state index in [1.165, 1.54) is 6.42 Å². The van der Waals surface area contributed by atoms with Crippen molar-refractivity contribution in [2.45, 2.75) is 45.8 Å². The van der Waals surface area contributed by atoms with Gasteiger partial charge in [0.15, 0.2) is 0 Å². The second-order valence-corrected chi connectivity index (χ2v) is 7.68. The third kappa shape index (κ3) is 3.69. The molecule has 0 saturated carbocycles. The SMILES string of the molecule is CCN1CCC[C@@H]1CN1Cc2ccc(C(=O)NCc3ccc(C)o3)cc2C1=O. The largest absolute Gasteiger partial charge is 0.465 e. The lowest BCUT2D eigenvalue weighted by Crippen LogP contribution is -2.40. The predicted molar refractivity (Wildman–Crippen MR) is 106 cm³/mol. The molecule has 1 aromatic heterocycles. The number of likely N-dealkylation sites (N-methyl/N-ethyl adjacent to an activating group) is 1. The maximum Gasteiger partial charge on any atom is 0.254 e. The van der Waals surface area contributed by atoms with Crippen molar-refractivity contribution in [2.24, 2.45) is 0 Å². The summed E-state index contributed by atoms with van der Waals surface area (Å²) in [6.07, 6.45) is 2.35. The minimum atomic E-state index is -0.198. The Morgan fingerprint density at radius 3 is 2.89 bits per heavy atom. The molecule has 1 N–H and O–H groups in total. The number of carbonyl (C=O) groups excluding carboxylic acids is 2. The van der Waals surface area contributed by atoms with Crippen LogP contribution in [0.3, 0.4) is 0 Å². The van der Waals surface area contributed by atoms with Crippen LogP contribution < -0.4 is 5.32 Å². The van der Waals surface area contributed by atoms with Crippen LogP contribution in [0, 0.1) is 6.92 Å². The molecule has 6 nitrogen and oxygen atoms in total. The number of hydrogen-bond donors (Lipinski definition) is 1. The first-order valence-corrected chi connectivity index (χ1v) is 10.0. The fourth-order valence-corrected chi connectivity index (χ4v) is 4.27. The Labute approximate surface area is 165 Å². The van der Waals surface area contributed by atoms with E-state index in [4.69, 9.17) is 4.42 Å². The molecule has 0 bridgehead atoms. The quantitative estimate of drug-likeness (QED) is 0.836. The van der Waals surface area contributed by atoms with Crippen molar-refractivity contribution in [3.8, 4) is 0 Å². The van der Waals surface area contributed by atoms with Crippen LogP contribution in [0.25, 0.3) is 0 Å². The topological polar surface area (TPSA) is 65.8 Å². The number of nitrogens with zero attached hydrogens (tertiary/aromatic N) is 2. The van der Waals surface area contributed by atoms with E-state index in [1.54, 1.807) is 12.1 Å². The first-order chi connectivity index (χ1) is 13.5. The fraction of sp³-hybridized carbons (Fsp3) is 0.455. The predicted octanol–water partition coefficient (Wildman–Crippen LogP) is 2.96. The van der Waals surface area contributed by atoms with Gasteiger partial charge in [-0.1, -0.05) is 13.0 Å². The van der Waals surface area contributed by atoms with E-state index in [-0.39, 0.29) is 11.8 Å². The number of nitrogens with one attached hydrogen (secondary N) is 1. The molecule has 1 atom stereocenters. The van der Waals surface area contributed by atoms with Crippen molar-refractivity contribution < 1.29 is 14.0 Å². The highest BCUT2D eigenvalue weighted by Gasteiger charge is 2.32. The molecule has 2 aliphatic rings. The highest BCUT2D eigenvalue weighted by atomic mass is 16.3. The first kappa shape index (κ1) is 18.7. The minimum Gasteiger partial charge on any atom is -0.465 e. The molecule has 0 unspecified atom stereocenters. The Morgan fingerprint density at radius 1 is 1.29 bits per heavy atom. The number of furan rings is 1. The Hall–Kier alpha value is -2.60. The Morgan fingerprint density at radius 2 is 2.14 bits per heavy atom. The number of fused-ring (bicyclic) bond motifs is 1. The number of aryl methyl sites for hydroxylation is 1. The molecule has 6 heteroatoms. The molecule has 1 aromatic carbocycles. The molecule has 4 rings (SSSR count). The third-order valence-electron chi connectivity index (χ3n) is 5.81. The van der Waals surface area contributed by atoms with Gasteiger partial charge in [0.25, 0.3) is 11.8 Å². The van der Waals surface area contributed by atoms with Gasteiger partial charge >= 0.3 is 0 Å². The second kappa shape index (κ2) is 7.80. The van der Waals surface area contributed by atoms with Crippen molar-refractivity contribution in [1.29, 1.82) is 0 Å². The number of likely N-dealkylation sites (tertiary alicyclic amines) is 1. The van der Waals surface area contributed by atoms with E-state index in [0.29, 0.717) is 36.0 Å². The molecule has 1 fully saturated rings. The summed E-state index contributed by atoms with van der Waals surface area (Å²) >= 11 is 0. The van der Waals surface area contributed by atoms with Crippen molar-refractivity contribution >= 4 is 11.8 Å². The molecule has 0 aliphatic carbocycles. The number of hydrogen-bond acceptors (Lipinski definition) is 4. The van der Waals surface area contributed by atoms with Crippen molar-refractivity contribution in [3.63, 3.8) is 0 Å². The summed E-state index contributed by atoms with van der Waals surface area (Å²) in [6, 6.07) is 9.60. The van der Waals surface area contributed by atoms with Gasteiger partial charge in [-0.05, 0) is 62.7 Å². The average molecular weight is 381 g/mol. The van der Waals surface area contributed by atoms with Crippen molar-refractivity contribution in [2.75, 3.05) is 19.6 Å². The molecule has 0 radical (unpaired) electrons. The van der Waals surface area contributed by atoms with E-state index in [0.717, 1.165) is 37.4 Å². The molecule has 0 spiro atoms. The Kier molecular flexibility index (Phi) is 5.22. The van der Waals surface area contributed by atoms with Crippen LogP contribution >= 0.6 is 0 Å². The van der Waals surface area contributed by atoms with Crippen molar-refractivity contribution in [3.05, 3.63) is 58.5 Å². The maximum absolute atomic E-state index is 12.9. The molecule has 2 aromatic rings. The van der Waals surface area contributed by atoms with Gasteiger partial charge in [-0.25, -0.2) is 0 Å². The summed E-state index contributed by atoms with van der Waals surface area (Å²) in [4.78, 5) is 29.8. The number of benzene rings is 1. The lowest BCUT2D eigenvalue weighted by Gasteiger charge is -2.27. The van der Waals surface area contributed by atoms with Gasteiger partial charge in [0.05, 0.1) is 6.54 Å². The van der Waals surface area contributed by atoms with E-state index in [9.17, 15) is 9.59 Å². The van der Waals surface area contributed by atoms with Gasteiger partial charge in [0.2, 0.25) is 0 Å². The van der Waals surface area contributed by atoms with Crippen molar-refractivity contribution in [1.82, 2.24) is 15.1 Å². The molecule has 2 aliphatic heterocycles. The molecule has 2 amide bonds. The van der Waals surface area contributed by atoms with Crippen LogP contribution in [0.5, 0.6) is 0 Å². The molecule has 148 valence electrons. The molecule has 28 heavy (non-hydrogen) atoms. The zero-order valence-electron chi connectivity index (χ0n) is 16.5. The summed E-state index contributed by atoms with van der Waals surface area (Å²) in [5.41, 5.74) is 2.17. The van der Waals surface area contributed by atoms with Crippen LogP contribution in [-0.4, -0.2) is 47.3 Å². The lowest BCUT2D eigenvalue weighted by atomic mass is 10.1. The highest BCUT2D eigenvalue weighted by Crippen LogP contribution is 2.27. The smallest absolute Gasteiger partial charge is 0.254 e. The monoisotopic (exact) mass is 381 g/mol. The van der Waals surface area contributed by atoms with Crippen LogP contribution in [0.15, 0.2) is 34.7 Å². The summed E-state index contributed by atoms with van der Waals surface area (Å²) in [7, 11) is 0. The summed E-state index contributed by atoms with van der Waals surface area (Å²) in [6.45, 7) is 7.92. The number of amides is 2. The van der Waals surface area contributed by atoms with Gasteiger partial charge in [-0.3, -0.25) is 14.5 Å². The van der Waals surface area contributed by atoms with Gasteiger partial charge < -0.3 is 14.6 Å². The van der Waals surface area contributed by atoms with Crippen LogP contribution in [0.4, 0.5) is 0 Å². The van der Waals surface area contributed by atoms with Gasteiger partial charge in [-0.2, -0.15) is 0 Å². The Bertz CT molecular complexity index is 889. The summed E-state index contributed by atoms with van der Waals surface area (Å²) in [5, 5.41) is 2.85. The molecular formula is C22H27N3O3. The van der Waals surface area contributed by atoms with Crippen LogP contribution in [0.1, 0.15) is 57.6 Å². The fourth-order valence-electron chi connectivity index (χ4n) is 4.27. The van der Waals surface area contributed by atoms with Gasteiger partial charge in [-0.15, -0.1) is 0 Å². The van der Waals surface area contributed by atoms with E-state index in [2.05, 4.69) is 17.1 Å². The average Bonchev–Trinajstić information content (AvgIpc) is 3.40. The van der Waals surface area contributed by atoms with E-state index < -0.39 is 0 Å².